The molecule has 0 bridgehead atoms. The molecule has 1 heterocycles. The maximum absolute atomic E-state index is 12.4. The number of piperidine rings is 1. The Balaban J connectivity index is 1.89. The van der Waals surface area contributed by atoms with Crippen LogP contribution in [0.1, 0.15) is 43.5 Å². The Morgan fingerprint density at radius 3 is 2.42 bits per heavy atom. The standard InChI is InChI=1S/C18H22N2O4/c1-13-4-3-5-14(2)20(13)17(21)12-24-16-8-6-15(7-9-16)18(22)23-11-10-19/h6-9,13-14H,3-5,11-12H2,1-2H3. The third-order valence-corrected chi connectivity index (χ3v) is 4.20. The first-order valence-corrected chi connectivity index (χ1v) is 8.11. The minimum atomic E-state index is -0.560. The molecule has 1 fully saturated rings. The minimum absolute atomic E-state index is 0.0209. The summed E-state index contributed by atoms with van der Waals surface area (Å²) in [5.41, 5.74) is 0.335. The highest BCUT2D eigenvalue weighted by molar-refractivity contribution is 5.89. The van der Waals surface area contributed by atoms with Gasteiger partial charge in [-0.15, -0.1) is 0 Å². The molecule has 0 radical (unpaired) electrons. The van der Waals surface area contributed by atoms with E-state index in [0.29, 0.717) is 11.3 Å². The van der Waals surface area contributed by atoms with E-state index in [2.05, 4.69) is 13.8 Å². The Bertz CT molecular complexity index is 611. The SMILES string of the molecule is CC1CCCC(C)N1C(=O)COc1ccc(C(=O)OCC#N)cc1. The summed E-state index contributed by atoms with van der Waals surface area (Å²) in [4.78, 5) is 25.9. The molecule has 1 amide bonds. The number of hydrogen-bond donors (Lipinski definition) is 0. The highest BCUT2D eigenvalue weighted by Crippen LogP contribution is 2.23. The van der Waals surface area contributed by atoms with Gasteiger partial charge in [-0.05, 0) is 57.4 Å². The monoisotopic (exact) mass is 330 g/mol. The molecule has 24 heavy (non-hydrogen) atoms. The molecule has 6 heteroatoms. The Morgan fingerprint density at radius 2 is 1.83 bits per heavy atom. The van der Waals surface area contributed by atoms with E-state index in [1.54, 1.807) is 30.3 Å². The number of hydrogen-bond acceptors (Lipinski definition) is 5. The van der Waals surface area contributed by atoms with Crippen LogP contribution in [0.4, 0.5) is 0 Å². The first kappa shape index (κ1) is 17.8. The van der Waals surface area contributed by atoms with Crippen LogP contribution in [0.5, 0.6) is 5.75 Å². The number of carbonyl (C=O) groups excluding carboxylic acids is 2. The van der Waals surface area contributed by atoms with Gasteiger partial charge in [0.05, 0.1) is 5.56 Å². The molecular weight excluding hydrogens is 308 g/mol. The predicted octanol–water partition coefficient (Wildman–Crippen LogP) is 2.54. The molecule has 1 aliphatic rings. The Labute approximate surface area is 142 Å². The molecule has 2 rings (SSSR count). The van der Waals surface area contributed by atoms with E-state index >= 15 is 0 Å². The van der Waals surface area contributed by atoms with E-state index in [4.69, 9.17) is 14.7 Å². The maximum atomic E-state index is 12.4. The molecule has 2 unspecified atom stereocenters. The maximum Gasteiger partial charge on any atom is 0.339 e. The van der Waals surface area contributed by atoms with Crippen molar-refractivity contribution < 1.29 is 19.1 Å². The zero-order chi connectivity index (χ0) is 17.5. The molecule has 2 atom stereocenters. The Hall–Kier alpha value is -2.55. The van der Waals surface area contributed by atoms with E-state index in [-0.39, 0.29) is 31.2 Å². The number of rotatable bonds is 5. The van der Waals surface area contributed by atoms with Crippen LogP contribution >= 0.6 is 0 Å². The van der Waals surface area contributed by atoms with Gasteiger partial charge in [0.2, 0.25) is 0 Å². The summed E-state index contributed by atoms with van der Waals surface area (Å²) in [7, 11) is 0. The average molecular weight is 330 g/mol. The van der Waals surface area contributed by atoms with Crippen molar-refractivity contribution in [2.75, 3.05) is 13.2 Å². The van der Waals surface area contributed by atoms with Crippen molar-refractivity contribution in [1.29, 1.82) is 5.26 Å². The van der Waals surface area contributed by atoms with Gasteiger partial charge >= 0.3 is 5.97 Å². The first-order chi connectivity index (χ1) is 11.5. The summed E-state index contributed by atoms with van der Waals surface area (Å²) in [6.45, 7) is 3.83. The molecule has 128 valence electrons. The van der Waals surface area contributed by atoms with Crippen molar-refractivity contribution in [3.05, 3.63) is 29.8 Å². The fourth-order valence-corrected chi connectivity index (χ4v) is 3.00. The Kier molecular flexibility index (Phi) is 6.19. The lowest BCUT2D eigenvalue weighted by Gasteiger charge is -2.38. The summed E-state index contributed by atoms with van der Waals surface area (Å²) >= 11 is 0. The third-order valence-electron chi connectivity index (χ3n) is 4.20. The van der Waals surface area contributed by atoms with Gasteiger partial charge in [0, 0.05) is 12.1 Å². The molecule has 0 spiro atoms. The molecule has 0 aliphatic carbocycles. The van der Waals surface area contributed by atoms with Crippen molar-refractivity contribution in [2.24, 2.45) is 0 Å². The summed E-state index contributed by atoms with van der Waals surface area (Å²) in [6, 6.07) is 8.53. The molecular formula is C18H22N2O4. The van der Waals surface area contributed by atoms with Crippen molar-refractivity contribution in [3.63, 3.8) is 0 Å². The molecule has 1 aromatic carbocycles. The lowest BCUT2D eigenvalue weighted by Crippen LogP contribution is -2.49. The lowest BCUT2D eigenvalue weighted by molar-refractivity contribution is -0.139. The van der Waals surface area contributed by atoms with E-state index in [9.17, 15) is 9.59 Å². The zero-order valence-corrected chi connectivity index (χ0v) is 14.0. The largest absolute Gasteiger partial charge is 0.484 e. The predicted molar refractivity (Wildman–Crippen MR) is 87.5 cm³/mol. The number of esters is 1. The smallest absolute Gasteiger partial charge is 0.339 e. The molecule has 1 saturated heterocycles. The number of benzene rings is 1. The molecule has 0 N–H and O–H groups in total. The molecule has 1 aliphatic heterocycles. The van der Waals surface area contributed by atoms with Crippen LogP contribution in [0, 0.1) is 11.3 Å². The van der Waals surface area contributed by atoms with Crippen LogP contribution in [0.3, 0.4) is 0 Å². The van der Waals surface area contributed by atoms with Gasteiger partial charge in [-0.1, -0.05) is 0 Å². The topological polar surface area (TPSA) is 79.6 Å². The summed E-state index contributed by atoms with van der Waals surface area (Å²) in [5, 5.41) is 8.39. The first-order valence-electron chi connectivity index (χ1n) is 8.11. The van der Waals surface area contributed by atoms with Crippen LogP contribution in [0.25, 0.3) is 0 Å². The van der Waals surface area contributed by atoms with Gasteiger partial charge in [-0.25, -0.2) is 4.79 Å². The van der Waals surface area contributed by atoms with Gasteiger partial charge in [0.15, 0.2) is 13.2 Å². The van der Waals surface area contributed by atoms with E-state index in [0.717, 1.165) is 19.3 Å². The van der Waals surface area contributed by atoms with Crippen LogP contribution < -0.4 is 4.74 Å². The minimum Gasteiger partial charge on any atom is -0.484 e. The summed E-state index contributed by atoms with van der Waals surface area (Å²) < 4.78 is 10.3. The summed E-state index contributed by atoms with van der Waals surface area (Å²) in [5.74, 6) is -0.0696. The van der Waals surface area contributed by atoms with Gasteiger partial charge in [-0.3, -0.25) is 4.79 Å². The molecule has 1 aromatic rings. The normalized spacial score (nSPS) is 20.1. The van der Waals surface area contributed by atoms with Crippen LogP contribution in [0.2, 0.25) is 0 Å². The average Bonchev–Trinajstić information content (AvgIpc) is 2.58. The third kappa shape index (κ3) is 4.48. The van der Waals surface area contributed by atoms with E-state index in [1.807, 2.05) is 4.90 Å². The van der Waals surface area contributed by atoms with E-state index in [1.165, 1.54) is 0 Å². The highest BCUT2D eigenvalue weighted by Gasteiger charge is 2.28. The van der Waals surface area contributed by atoms with Gasteiger partial charge in [0.1, 0.15) is 11.8 Å². The molecule has 0 aromatic heterocycles. The van der Waals surface area contributed by atoms with Gasteiger partial charge in [0.25, 0.3) is 5.91 Å². The number of nitrogens with zero attached hydrogens (tertiary/aromatic N) is 2. The van der Waals surface area contributed by atoms with E-state index < -0.39 is 5.97 Å². The van der Waals surface area contributed by atoms with Crippen molar-refractivity contribution >= 4 is 11.9 Å². The van der Waals surface area contributed by atoms with Crippen LogP contribution in [-0.2, 0) is 9.53 Å². The summed E-state index contributed by atoms with van der Waals surface area (Å²) in [6.07, 6.45) is 3.20. The second kappa shape index (κ2) is 8.34. The molecule has 0 saturated carbocycles. The number of carbonyl (C=O) groups is 2. The quantitative estimate of drug-likeness (QED) is 0.775. The van der Waals surface area contributed by atoms with Crippen molar-refractivity contribution in [2.45, 2.75) is 45.2 Å². The number of ether oxygens (including phenoxy) is 2. The zero-order valence-electron chi connectivity index (χ0n) is 14.0. The second-order valence-corrected chi connectivity index (χ2v) is 5.98. The lowest BCUT2D eigenvalue weighted by atomic mass is 9.97. The van der Waals surface area contributed by atoms with Gasteiger partial charge in [-0.2, -0.15) is 5.26 Å². The van der Waals surface area contributed by atoms with Crippen LogP contribution in [0.15, 0.2) is 24.3 Å². The second-order valence-electron chi connectivity index (χ2n) is 5.98. The fraction of sp³-hybridized carbons (Fsp3) is 0.500. The van der Waals surface area contributed by atoms with Crippen LogP contribution in [-0.4, -0.2) is 42.1 Å². The number of nitriles is 1. The number of likely N-dealkylation sites (tertiary alicyclic amines) is 1. The van der Waals surface area contributed by atoms with Crippen molar-refractivity contribution in [1.82, 2.24) is 4.90 Å². The Morgan fingerprint density at radius 1 is 1.21 bits per heavy atom. The molecule has 6 nitrogen and oxygen atoms in total. The van der Waals surface area contributed by atoms with Gasteiger partial charge < -0.3 is 14.4 Å². The fourth-order valence-electron chi connectivity index (χ4n) is 3.00. The highest BCUT2D eigenvalue weighted by atomic mass is 16.5. The van der Waals surface area contributed by atoms with Crippen molar-refractivity contribution in [3.8, 4) is 11.8 Å². The number of amides is 1.